The molecule has 4 nitrogen and oxygen atoms in total. The molecule has 0 saturated carbocycles. The molecule has 1 unspecified atom stereocenters. The molecule has 0 bridgehead atoms. The first-order valence-corrected chi connectivity index (χ1v) is 7.28. The molecule has 0 N–H and O–H groups in total. The lowest BCUT2D eigenvalue weighted by atomic mass is 9.82. The predicted octanol–water partition coefficient (Wildman–Crippen LogP) is 3.40. The van der Waals surface area contributed by atoms with Crippen molar-refractivity contribution >= 4 is 36.1 Å². The first kappa shape index (κ1) is 16.5. The molecule has 0 spiro atoms. The van der Waals surface area contributed by atoms with Gasteiger partial charge in [-0.25, -0.2) is 9.59 Å². The van der Waals surface area contributed by atoms with Gasteiger partial charge in [-0.2, -0.15) is 0 Å². The van der Waals surface area contributed by atoms with E-state index in [0.29, 0.717) is 5.92 Å². The van der Waals surface area contributed by atoms with Crippen molar-refractivity contribution in [2.45, 2.75) is 33.6 Å². The molecular weight excluding hydrogens is 256 g/mol. The van der Waals surface area contributed by atoms with E-state index in [9.17, 15) is 9.59 Å². The fourth-order valence-corrected chi connectivity index (χ4v) is 2.98. The predicted molar refractivity (Wildman–Crippen MR) is 73.3 cm³/mol. The number of isocyanates is 2. The van der Waals surface area contributed by atoms with Crippen LogP contribution in [0, 0.1) is 11.3 Å². The summed E-state index contributed by atoms with van der Waals surface area (Å²) in [5.74, 6) is 2.15. The van der Waals surface area contributed by atoms with E-state index in [1.165, 1.54) is 36.1 Å². The molecule has 17 heavy (non-hydrogen) atoms. The Morgan fingerprint density at radius 2 is 1.76 bits per heavy atom. The maximum atomic E-state index is 9.92. The molecule has 96 valence electrons. The van der Waals surface area contributed by atoms with Crippen LogP contribution < -0.4 is 0 Å². The third kappa shape index (κ3) is 10.3. The third-order valence-corrected chi connectivity index (χ3v) is 3.85. The molecule has 1 atom stereocenters. The van der Waals surface area contributed by atoms with E-state index in [4.69, 9.17) is 0 Å². The van der Waals surface area contributed by atoms with Gasteiger partial charge in [-0.05, 0) is 48.1 Å². The van der Waals surface area contributed by atoms with Crippen LogP contribution in [0.25, 0.3) is 0 Å². The van der Waals surface area contributed by atoms with Gasteiger partial charge in [-0.1, -0.05) is 20.8 Å². The Labute approximate surface area is 111 Å². The number of carbonyl (C=O) groups excluding carboxylic acids is 2. The van der Waals surface area contributed by atoms with E-state index in [-0.39, 0.29) is 5.41 Å². The van der Waals surface area contributed by atoms with Gasteiger partial charge in [0.2, 0.25) is 12.2 Å². The lowest BCUT2D eigenvalue weighted by Crippen LogP contribution is -2.17. The van der Waals surface area contributed by atoms with Gasteiger partial charge in [-0.15, -0.1) is 8.80 Å². The van der Waals surface area contributed by atoms with Crippen molar-refractivity contribution in [1.29, 1.82) is 0 Å². The zero-order valence-electron chi connectivity index (χ0n) is 10.4. The van der Waals surface area contributed by atoms with E-state index in [1.54, 1.807) is 0 Å². The fraction of sp³-hybridized carbons (Fsp3) is 0.818. The summed E-state index contributed by atoms with van der Waals surface area (Å²) in [5.41, 5.74) is 0.205. The highest BCUT2D eigenvalue weighted by Crippen LogP contribution is 2.32. The SMILES string of the molecule is CC(CSN=C=O)CC(C)(C)CCSN=C=O. The number of nitrogens with zero attached hydrogens (tertiary/aromatic N) is 2. The topological polar surface area (TPSA) is 58.9 Å². The Kier molecular flexibility index (Phi) is 9.18. The van der Waals surface area contributed by atoms with Crippen molar-refractivity contribution in [3.63, 3.8) is 0 Å². The van der Waals surface area contributed by atoms with Crippen LogP contribution in [0.2, 0.25) is 0 Å². The lowest BCUT2D eigenvalue weighted by molar-refractivity contribution is 0.281. The maximum absolute atomic E-state index is 9.92. The minimum atomic E-state index is 0.205. The lowest BCUT2D eigenvalue weighted by Gasteiger charge is -2.27. The highest BCUT2D eigenvalue weighted by atomic mass is 32.2. The van der Waals surface area contributed by atoms with Crippen molar-refractivity contribution in [1.82, 2.24) is 0 Å². The van der Waals surface area contributed by atoms with Gasteiger partial charge < -0.3 is 0 Å². The van der Waals surface area contributed by atoms with Crippen LogP contribution in [0.15, 0.2) is 8.80 Å². The van der Waals surface area contributed by atoms with Crippen LogP contribution in [0.3, 0.4) is 0 Å². The van der Waals surface area contributed by atoms with Crippen molar-refractivity contribution in [3.8, 4) is 0 Å². The molecular formula is C11H18N2O2S2. The van der Waals surface area contributed by atoms with Crippen LogP contribution in [-0.4, -0.2) is 23.7 Å². The number of hydrogen-bond donors (Lipinski definition) is 0. The summed E-state index contributed by atoms with van der Waals surface area (Å²) in [7, 11) is 0. The minimum Gasteiger partial charge on any atom is -0.210 e. The molecule has 0 rings (SSSR count). The summed E-state index contributed by atoms with van der Waals surface area (Å²) in [6.07, 6.45) is 5.08. The average Bonchev–Trinajstić information content (AvgIpc) is 2.24. The summed E-state index contributed by atoms with van der Waals surface area (Å²) >= 11 is 2.52. The molecule has 0 fully saturated rings. The van der Waals surface area contributed by atoms with Crippen molar-refractivity contribution in [2.75, 3.05) is 11.5 Å². The number of rotatable bonds is 9. The van der Waals surface area contributed by atoms with E-state index in [1.807, 2.05) is 0 Å². The second-order valence-electron chi connectivity index (χ2n) is 4.72. The third-order valence-electron chi connectivity index (χ3n) is 2.33. The quantitative estimate of drug-likeness (QED) is 0.280. The van der Waals surface area contributed by atoms with E-state index >= 15 is 0 Å². The summed E-state index contributed by atoms with van der Waals surface area (Å²) in [6, 6.07) is 0. The largest absolute Gasteiger partial charge is 0.247 e. The summed E-state index contributed by atoms with van der Waals surface area (Å²) in [5, 5.41) is 0. The van der Waals surface area contributed by atoms with Gasteiger partial charge in [-0.3, -0.25) is 0 Å². The monoisotopic (exact) mass is 274 g/mol. The smallest absolute Gasteiger partial charge is 0.210 e. The highest BCUT2D eigenvalue weighted by Gasteiger charge is 2.20. The minimum absolute atomic E-state index is 0.205. The zero-order valence-corrected chi connectivity index (χ0v) is 12.1. The normalized spacial score (nSPS) is 12.4. The molecule has 0 saturated heterocycles. The first-order valence-electron chi connectivity index (χ1n) is 5.40. The molecule has 0 aliphatic rings. The molecule has 0 aliphatic carbocycles. The highest BCUT2D eigenvalue weighted by molar-refractivity contribution is 7.98. The maximum Gasteiger partial charge on any atom is 0.247 e. The molecule has 0 amide bonds. The first-order chi connectivity index (χ1) is 8.02. The van der Waals surface area contributed by atoms with Gasteiger partial charge in [0.05, 0.1) is 0 Å². The standard InChI is InChI=1S/C11H18N2O2S2/c1-10(7-17-13-9-15)6-11(2,3)4-5-16-12-8-14/h10H,4-7H2,1-3H3. The Morgan fingerprint density at radius 1 is 1.18 bits per heavy atom. The Bertz CT molecular complexity index is 309. The summed E-state index contributed by atoms with van der Waals surface area (Å²) in [6.45, 7) is 6.54. The van der Waals surface area contributed by atoms with Crippen LogP contribution in [-0.2, 0) is 9.59 Å². The van der Waals surface area contributed by atoms with Gasteiger partial charge in [0.25, 0.3) is 0 Å². The molecule has 0 aliphatic heterocycles. The van der Waals surface area contributed by atoms with Gasteiger partial charge in [0.1, 0.15) is 0 Å². The summed E-state index contributed by atoms with van der Waals surface area (Å²) < 4.78 is 6.94. The molecule has 0 heterocycles. The second kappa shape index (κ2) is 9.49. The van der Waals surface area contributed by atoms with Crippen molar-refractivity contribution in [3.05, 3.63) is 0 Å². The van der Waals surface area contributed by atoms with Crippen LogP contribution >= 0.6 is 23.9 Å². The van der Waals surface area contributed by atoms with E-state index in [2.05, 4.69) is 29.6 Å². The van der Waals surface area contributed by atoms with Gasteiger partial charge in [0.15, 0.2) is 0 Å². The molecule has 0 aromatic carbocycles. The molecule has 0 radical (unpaired) electrons. The van der Waals surface area contributed by atoms with Crippen molar-refractivity contribution in [2.24, 2.45) is 20.1 Å². The van der Waals surface area contributed by atoms with Gasteiger partial charge in [0, 0.05) is 11.5 Å². The van der Waals surface area contributed by atoms with Crippen LogP contribution in [0.1, 0.15) is 33.6 Å². The molecule has 0 aromatic heterocycles. The zero-order chi connectivity index (χ0) is 13.1. The second-order valence-corrected chi connectivity index (χ2v) is 6.34. The van der Waals surface area contributed by atoms with E-state index < -0.39 is 0 Å². The Balaban J connectivity index is 3.88. The molecule has 6 heteroatoms. The van der Waals surface area contributed by atoms with E-state index in [0.717, 1.165) is 24.3 Å². The Morgan fingerprint density at radius 3 is 2.35 bits per heavy atom. The molecule has 0 aromatic rings. The average molecular weight is 274 g/mol. The fourth-order valence-electron chi connectivity index (χ4n) is 1.69. The van der Waals surface area contributed by atoms with Crippen molar-refractivity contribution < 1.29 is 9.59 Å². The number of hydrogen-bond acceptors (Lipinski definition) is 6. The van der Waals surface area contributed by atoms with Crippen LogP contribution in [0.5, 0.6) is 0 Å². The van der Waals surface area contributed by atoms with Gasteiger partial charge >= 0.3 is 0 Å². The Hall–Kier alpha value is -0.540. The van der Waals surface area contributed by atoms with Crippen LogP contribution in [0.4, 0.5) is 0 Å². The summed E-state index contributed by atoms with van der Waals surface area (Å²) in [4.78, 5) is 19.8.